The molecule has 0 radical (unpaired) electrons. The largest absolute Gasteiger partial charge is 0.340 e. The van der Waals surface area contributed by atoms with Gasteiger partial charge in [0.05, 0.1) is 6.04 Å². The van der Waals surface area contributed by atoms with Gasteiger partial charge in [-0.25, -0.2) is 14.5 Å². The second kappa shape index (κ2) is 5.38. The van der Waals surface area contributed by atoms with Crippen molar-refractivity contribution in [2.75, 3.05) is 0 Å². The molecule has 1 aliphatic carbocycles. The predicted molar refractivity (Wildman–Crippen MR) is 85.3 cm³/mol. The molecule has 1 fully saturated rings. The second-order valence-corrected chi connectivity index (χ2v) is 6.74. The third kappa shape index (κ3) is 2.70. The Balaban J connectivity index is 1.61. The Labute approximate surface area is 136 Å². The quantitative estimate of drug-likeness (QED) is 0.792. The molecule has 4 rings (SSSR count). The van der Waals surface area contributed by atoms with Crippen LogP contribution in [-0.4, -0.2) is 30.5 Å². The number of aryl methyl sites for hydroxylation is 2. The lowest BCUT2D eigenvalue weighted by atomic mass is 10.2. The van der Waals surface area contributed by atoms with Gasteiger partial charge in [-0.2, -0.15) is 4.98 Å². The predicted octanol–water partition coefficient (Wildman–Crippen LogP) is 2.08. The first-order valence-electron chi connectivity index (χ1n) is 7.53. The zero-order valence-corrected chi connectivity index (χ0v) is 13.7. The van der Waals surface area contributed by atoms with Gasteiger partial charge in [0.1, 0.15) is 5.01 Å². The van der Waals surface area contributed by atoms with Crippen LogP contribution in [0, 0.1) is 19.8 Å². The maximum absolute atomic E-state index is 12.5. The van der Waals surface area contributed by atoms with E-state index in [4.69, 9.17) is 0 Å². The molecule has 118 valence electrons. The molecule has 0 aliphatic heterocycles. The van der Waals surface area contributed by atoms with Gasteiger partial charge in [0.25, 0.3) is 11.7 Å². The van der Waals surface area contributed by atoms with Crippen molar-refractivity contribution in [1.82, 2.24) is 29.9 Å². The third-order valence-electron chi connectivity index (χ3n) is 3.92. The molecule has 7 nitrogen and oxygen atoms in total. The molecule has 0 bridgehead atoms. The van der Waals surface area contributed by atoms with Crippen LogP contribution in [0.25, 0.3) is 5.78 Å². The van der Waals surface area contributed by atoms with Crippen molar-refractivity contribution in [3.8, 4) is 0 Å². The van der Waals surface area contributed by atoms with E-state index >= 15 is 0 Å². The number of fused-ring (bicyclic) bond motifs is 1. The Morgan fingerprint density at radius 3 is 2.87 bits per heavy atom. The van der Waals surface area contributed by atoms with E-state index in [9.17, 15) is 4.79 Å². The van der Waals surface area contributed by atoms with Crippen molar-refractivity contribution >= 4 is 23.0 Å². The first-order valence-corrected chi connectivity index (χ1v) is 8.41. The highest BCUT2D eigenvalue weighted by Crippen LogP contribution is 2.41. The van der Waals surface area contributed by atoms with Crippen LogP contribution < -0.4 is 5.32 Å². The van der Waals surface area contributed by atoms with Crippen molar-refractivity contribution in [2.24, 2.45) is 5.92 Å². The van der Waals surface area contributed by atoms with Crippen molar-refractivity contribution in [3.63, 3.8) is 0 Å². The first kappa shape index (κ1) is 14.3. The van der Waals surface area contributed by atoms with Gasteiger partial charge >= 0.3 is 0 Å². The van der Waals surface area contributed by atoms with E-state index in [1.807, 2.05) is 25.3 Å². The van der Waals surface area contributed by atoms with E-state index < -0.39 is 0 Å². The molecule has 1 atom stereocenters. The third-order valence-corrected chi connectivity index (χ3v) is 4.96. The number of nitrogens with zero attached hydrogens (tertiary/aromatic N) is 5. The fraction of sp³-hybridized carbons (Fsp3) is 0.400. The fourth-order valence-electron chi connectivity index (χ4n) is 2.53. The number of nitrogens with one attached hydrogen (secondary N) is 1. The molecule has 3 aromatic rings. The van der Waals surface area contributed by atoms with E-state index in [0.717, 1.165) is 29.2 Å². The van der Waals surface area contributed by atoms with Gasteiger partial charge in [0.2, 0.25) is 5.82 Å². The fourth-order valence-corrected chi connectivity index (χ4v) is 3.47. The number of carbonyl (C=O) groups is 1. The number of aromatic nitrogens is 5. The maximum Gasteiger partial charge on any atom is 0.291 e. The Morgan fingerprint density at radius 2 is 2.22 bits per heavy atom. The molecule has 0 saturated heterocycles. The zero-order chi connectivity index (χ0) is 16.0. The molecule has 3 aromatic heterocycles. The molecular formula is C15H16N6OS. The lowest BCUT2D eigenvalue weighted by Gasteiger charge is -2.14. The zero-order valence-electron chi connectivity index (χ0n) is 12.9. The van der Waals surface area contributed by atoms with E-state index in [0.29, 0.717) is 11.7 Å². The Kier molecular flexibility index (Phi) is 3.33. The number of hydrogen-bond acceptors (Lipinski definition) is 6. The summed E-state index contributed by atoms with van der Waals surface area (Å²) in [7, 11) is 0. The standard InChI is InChI=1S/C15H16N6OS/c1-8-7-23-14(17-8)11(10-3-4-10)18-13(22)12-19-15-16-6-5-9(2)21(15)20-12/h5-7,10-11H,3-4H2,1-2H3,(H,18,22)/t11-/m0/s1. The molecular weight excluding hydrogens is 312 g/mol. The van der Waals surface area contributed by atoms with Gasteiger partial charge in [0, 0.05) is 23.0 Å². The molecule has 1 saturated carbocycles. The van der Waals surface area contributed by atoms with Crippen LogP contribution >= 0.6 is 11.3 Å². The van der Waals surface area contributed by atoms with Crippen LogP contribution in [0.5, 0.6) is 0 Å². The lowest BCUT2D eigenvalue weighted by Crippen LogP contribution is -2.30. The summed E-state index contributed by atoms with van der Waals surface area (Å²) in [4.78, 5) is 25.4. The number of hydrogen-bond donors (Lipinski definition) is 1. The van der Waals surface area contributed by atoms with Gasteiger partial charge in [-0.1, -0.05) is 0 Å². The molecule has 3 heterocycles. The topological polar surface area (TPSA) is 85.1 Å². The van der Waals surface area contributed by atoms with Gasteiger partial charge in [-0.05, 0) is 38.7 Å². The minimum Gasteiger partial charge on any atom is -0.340 e. The molecule has 1 aliphatic rings. The molecule has 1 amide bonds. The van der Waals surface area contributed by atoms with Gasteiger partial charge < -0.3 is 5.32 Å². The SMILES string of the molecule is Cc1csc([C@@H](NC(=O)c2nc3nccc(C)n3n2)C2CC2)n1. The number of amides is 1. The summed E-state index contributed by atoms with van der Waals surface area (Å²) in [5.41, 5.74) is 1.87. The highest BCUT2D eigenvalue weighted by Gasteiger charge is 2.36. The van der Waals surface area contributed by atoms with E-state index in [2.05, 4.69) is 25.4 Å². The molecule has 0 spiro atoms. The van der Waals surface area contributed by atoms with Crippen molar-refractivity contribution in [1.29, 1.82) is 0 Å². The van der Waals surface area contributed by atoms with Crippen molar-refractivity contribution < 1.29 is 4.79 Å². The molecule has 23 heavy (non-hydrogen) atoms. The molecule has 8 heteroatoms. The summed E-state index contributed by atoms with van der Waals surface area (Å²) in [6.07, 6.45) is 3.89. The molecule has 0 unspecified atom stereocenters. The highest BCUT2D eigenvalue weighted by molar-refractivity contribution is 7.09. The second-order valence-electron chi connectivity index (χ2n) is 5.85. The molecule has 1 N–H and O–H groups in total. The lowest BCUT2D eigenvalue weighted by molar-refractivity contribution is 0.0921. The number of rotatable bonds is 4. The normalized spacial score (nSPS) is 15.7. The minimum atomic E-state index is -0.278. The van der Waals surface area contributed by atoms with Crippen LogP contribution in [-0.2, 0) is 0 Å². The van der Waals surface area contributed by atoms with Gasteiger partial charge in [-0.3, -0.25) is 4.79 Å². The average molecular weight is 328 g/mol. The average Bonchev–Trinajstić information content (AvgIpc) is 3.11. The molecule has 0 aromatic carbocycles. The monoisotopic (exact) mass is 328 g/mol. The summed E-state index contributed by atoms with van der Waals surface area (Å²) < 4.78 is 1.58. The van der Waals surface area contributed by atoms with Crippen LogP contribution in [0.4, 0.5) is 0 Å². The van der Waals surface area contributed by atoms with Gasteiger partial charge in [0.15, 0.2) is 0 Å². The summed E-state index contributed by atoms with van der Waals surface area (Å²) in [6, 6.07) is 1.77. The Morgan fingerprint density at radius 1 is 1.39 bits per heavy atom. The van der Waals surface area contributed by atoms with Crippen LogP contribution in [0.3, 0.4) is 0 Å². The van der Waals surface area contributed by atoms with Crippen LogP contribution in [0.15, 0.2) is 17.6 Å². The van der Waals surface area contributed by atoms with Crippen LogP contribution in [0.2, 0.25) is 0 Å². The minimum absolute atomic E-state index is 0.0538. The summed E-state index contributed by atoms with van der Waals surface area (Å²) in [5, 5.41) is 10.3. The number of thiazole rings is 1. The van der Waals surface area contributed by atoms with Gasteiger partial charge in [-0.15, -0.1) is 16.4 Å². The maximum atomic E-state index is 12.5. The first-order chi connectivity index (χ1) is 11.1. The Bertz CT molecular complexity index is 881. The van der Waals surface area contributed by atoms with Crippen LogP contribution in [0.1, 0.15) is 45.9 Å². The van der Waals surface area contributed by atoms with Crippen molar-refractivity contribution in [3.05, 3.63) is 39.9 Å². The van der Waals surface area contributed by atoms with E-state index in [1.54, 1.807) is 22.0 Å². The highest BCUT2D eigenvalue weighted by atomic mass is 32.1. The smallest absolute Gasteiger partial charge is 0.291 e. The van der Waals surface area contributed by atoms with Crippen molar-refractivity contribution in [2.45, 2.75) is 32.7 Å². The summed E-state index contributed by atoms with van der Waals surface area (Å²) >= 11 is 1.59. The van der Waals surface area contributed by atoms with E-state index in [1.165, 1.54) is 0 Å². The Hall–Kier alpha value is -2.35. The van der Waals surface area contributed by atoms with E-state index in [-0.39, 0.29) is 17.8 Å². The number of carbonyl (C=O) groups excluding carboxylic acids is 1. The summed E-state index contributed by atoms with van der Waals surface area (Å²) in [6.45, 7) is 3.86. The summed E-state index contributed by atoms with van der Waals surface area (Å²) in [5.74, 6) is 0.759.